The summed E-state index contributed by atoms with van der Waals surface area (Å²) < 4.78 is 14.1. The second-order valence-corrected chi connectivity index (χ2v) is 9.07. The highest BCUT2D eigenvalue weighted by molar-refractivity contribution is 5.91. The Balaban J connectivity index is 1.71. The third-order valence-electron chi connectivity index (χ3n) is 8.30. The quantitative estimate of drug-likeness (QED) is 0.737. The summed E-state index contributed by atoms with van der Waals surface area (Å²) in [5, 5.41) is 10.9. The second-order valence-electron chi connectivity index (χ2n) is 9.07. The lowest BCUT2D eigenvalue weighted by Crippen LogP contribution is -2.57. The zero-order chi connectivity index (χ0) is 15.7. The van der Waals surface area contributed by atoms with Crippen LogP contribution in [0.2, 0.25) is 0 Å². The van der Waals surface area contributed by atoms with E-state index in [-0.39, 0.29) is 23.7 Å². The Morgan fingerprint density at radius 3 is 2.64 bits per heavy atom. The summed E-state index contributed by atoms with van der Waals surface area (Å²) in [5.74, 6) is 1.13. The first kappa shape index (κ1) is 15.1. The standard InChI is InChI=1S/C19H29FO2/c1-18-7-4-3-5-11(18)9-15(21)16-12(18)6-8-19(2)13(16)10-14(20)17(19)22/h11-16,21H,3-10H2,1-2H3. The number of rotatable bonds is 0. The molecule has 0 saturated heterocycles. The zero-order valence-electron chi connectivity index (χ0n) is 13.9. The number of alkyl halides is 1. The van der Waals surface area contributed by atoms with Crippen molar-refractivity contribution < 1.29 is 14.3 Å². The zero-order valence-corrected chi connectivity index (χ0v) is 13.9. The van der Waals surface area contributed by atoms with E-state index >= 15 is 0 Å². The van der Waals surface area contributed by atoms with Gasteiger partial charge in [-0.05, 0) is 67.6 Å². The average molecular weight is 308 g/mol. The number of ketones is 1. The number of hydrogen-bond acceptors (Lipinski definition) is 2. The summed E-state index contributed by atoms with van der Waals surface area (Å²) in [6, 6.07) is 0. The first-order valence-electron chi connectivity index (χ1n) is 9.24. The van der Waals surface area contributed by atoms with Crippen molar-refractivity contribution in [1.29, 1.82) is 0 Å². The summed E-state index contributed by atoms with van der Waals surface area (Å²) >= 11 is 0. The van der Waals surface area contributed by atoms with Gasteiger partial charge < -0.3 is 5.11 Å². The van der Waals surface area contributed by atoms with Gasteiger partial charge in [-0.2, -0.15) is 0 Å². The highest BCUT2D eigenvalue weighted by Gasteiger charge is 2.64. The molecule has 4 rings (SSSR count). The molecule has 3 heteroatoms. The maximum atomic E-state index is 14.1. The highest BCUT2D eigenvalue weighted by Crippen LogP contribution is 2.65. The number of aliphatic hydroxyl groups excluding tert-OH is 1. The van der Waals surface area contributed by atoms with Crippen LogP contribution in [-0.4, -0.2) is 23.2 Å². The molecule has 4 saturated carbocycles. The van der Waals surface area contributed by atoms with Crippen molar-refractivity contribution in [3.8, 4) is 0 Å². The minimum absolute atomic E-state index is 0.0588. The molecule has 0 aromatic heterocycles. The Hall–Kier alpha value is -0.440. The van der Waals surface area contributed by atoms with Crippen LogP contribution in [0.4, 0.5) is 4.39 Å². The van der Waals surface area contributed by atoms with Gasteiger partial charge in [-0.25, -0.2) is 4.39 Å². The molecule has 4 aliphatic carbocycles. The minimum atomic E-state index is -1.29. The van der Waals surface area contributed by atoms with Gasteiger partial charge in [-0.3, -0.25) is 4.79 Å². The van der Waals surface area contributed by atoms with Crippen molar-refractivity contribution >= 4 is 5.78 Å². The number of Topliss-reactive ketones (excluding diaryl/α,β-unsaturated/α-hetero) is 1. The lowest BCUT2D eigenvalue weighted by atomic mass is 9.44. The Morgan fingerprint density at radius 2 is 1.86 bits per heavy atom. The van der Waals surface area contributed by atoms with Gasteiger partial charge in [0.15, 0.2) is 12.0 Å². The van der Waals surface area contributed by atoms with E-state index in [0.29, 0.717) is 23.7 Å². The maximum absolute atomic E-state index is 14.1. The van der Waals surface area contributed by atoms with Crippen LogP contribution >= 0.6 is 0 Å². The molecule has 0 radical (unpaired) electrons. The van der Waals surface area contributed by atoms with Gasteiger partial charge >= 0.3 is 0 Å². The van der Waals surface area contributed by atoms with E-state index in [2.05, 4.69) is 6.92 Å². The largest absolute Gasteiger partial charge is 0.393 e. The number of hydrogen-bond donors (Lipinski definition) is 1. The number of aliphatic hydroxyl groups is 1. The van der Waals surface area contributed by atoms with Crippen LogP contribution < -0.4 is 0 Å². The third-order valence-corrected chi connectivity index (χ3v) is 8.30. The van der Waals surface area contributed by atoms with E-state index in [1.807, 2.05) is 6.92 Å². The summed E-state index contributed by atoms with van der Waals surface area (Å²) in [5.41, 5.74) is -0.208. The van der Waals surface area contributed by atoms with Crippen LogP contribution in [0.1, 0.15) is 65.2 Å². The Bertz CT molecular complexity index is 492. The van der Waals surface area contributed by atoms with Crippen molar-refractivity contribution in [2.45, 2.75) is 77.5 Å². The fourth-order valence-electron chi connectivity index (χ4n) is 7.01. The van der Waals surface area contributed by atoms with Gasteiger partial charge in [0, 0.05) is 5.41 Å². The summed E-state index contributed by atoms with van der Waals surface area (Å²) in [7, 11) is 0. The van der Waals surface area contributed by atoms with Gasteiger partial charge in [0.05, 0.1) is 6.10 Å². The van der Waals surface area contributed by atoms with Gasteiger partial charge in [-0.15, -0.1) is 0 Å². The molecule has 22 heavy (non-hydrogen) atoms. The predicted octanol–water partition coefficient (Wildman–Crippen LogP) is 3.91. The summed E-state index contributed by atoms with van der Waals surface area (Å²) in [4.78, 5) is 12.3. The molecule has 4 aliphatic rings. The molecule has 124 valence electrons. The monoisotopic (exact) mass is 308 g/mol. The lowest BCUT2D eigenvalue weighted by Gasteiger charge is -2.60. The van der Waals surface area contributed by atoms with Gasteiger partial charge in [-0.1, -0.05) is 26.7 Å². The van der Waals surface area contributed by atoms with Crippen molar-refractivity contribution in [2.24, 2.45) is 34.5 Å². The molecule has 0 aromatic carbocycles. The van der Waals surface area contributed by atoms with Crippen molar-refractivity contribution in [2.75, 3.05) is 0 Å². The lowest BCUT2D eigenvalue weighted by molar-refractivity contribution is -0.163. The average Bonchev–Trinajstić information content (AvgIpc) is 2.71. The topological polar surface area (TPSA) is 37.3 Å². The molecule has 2 nitrogen and oxygen atoms in total. The molecule has 8 unspecified atom stereocenters. The van der Waals surface area contributed by atoms with E-state index < -0.39 is 11.6 Å². The number of carbonyl (C=O) groups is 1. The normalized spacial score (nSPS) is 57.9. The molecular weight excluding hydrogens is 279 g/mol. The van der Waals surface area contributed by atoms with E-state index in [1.165, 1.54) is 25.7 Å². The number of halogens is 1. The Morgan fingerprint density at radius 1 is 1.09 bits per heavy atom. The van der Waals surface area contributed by atoms with Gasteiger partial charge in [0.25, 0.3) is 0 Å². The summed E-state index contributed by atoms with van der Waals surface area (Å²) in [6.07, 6.45) is 6.50. The van der Waals surface area contributed by atoms with E-state index in [9.17, 15) is 14.3 Å². The molecule has 0 bridgehead atoms. The first-order valence-corrected chi connectivity index (χ1v) is 9.24. The third kappa shape index (κ3) is 1.78. The second kappa shape index (κ2) is 4.78. The molecule has 0 heterocycles. The molecule has 0 amide bonds. The smallest absolute Gasteiger partial charge is 0.173 e. The maximum Gasteiger partial charge on any atom is 0.173 e. The Kier molecular flexibility index (Phi) is 3.28. The van der Waals surface area contributed by atoms with Crippen LogP contribution in [0.5, 0.6) is 0 Å². The van der Waals surface area contributed by atoms with E-state index in [0.717, 1.165) is 19.3 Å². The van der Waals surface area contributed by atoms with Crippen molar-refractivity contribution in [3.63, 3.8) is 0 Å². The van der Waals surface area contributed by atoms with Crippen LogP contribution in [0, 0.1) is 34.5 Å². The minimum Gasteiger partial charge on any atom is -0.393 e. The van der Waals surface area contributed by atoms with Crippen LogP contribution in [0.25, 0.3) is 0 Å². The van der Waals surface area contributed by atoms with Crippen LogP contribution in [0.3, 0.4) is 0 Å². The predicted molar refractivity (Wildman–Crippen MR) is 83.0 cm³/mol. The van der Waals surface area contributed by atoms with E-state index in [1.54, 1.807) is 0 Å². The SMILES string of the molecule is CC12CCC3C(C(O)CC4CCCCC43C)C1CC(F)C2=O. The van der Waals surface area contributed by atoms with Gasteiger partial charge in [0.2, 0.25) is 0 Å². The van der Waals surface area contributed by atoms with Gasteiger partial charge in [0.1, 0.15) is 0 Å². The molecule has 0 aliphatic heterocycles. The number of carbonyl (C=O) groups excluding carboxylic acids is 1. The molecular formula is C19H29FO2. The first-order chi connectivity index (χ1) is 10.4. The highest BCUT2D eigenvalue weighted by atomic mass is 19.1. The van der Waals surface area contributed by atoms with Crippen LogP contribution in [0.15, 0.2) is 0 Å². The fourth-order valence-corrected chi connectivity index (χ4v) is 7.01. The van der Waals surface area contributed by atoms with Crippen molar-refractivity contribution in [1.82, 2.24) is 0 Å². The molecule has 1 N–H and O–H groups in total. The van der Waals surface area contributed by atoms with E-state index in [4.69, 9.17) is 0 Å². The number of fused-ring (bicyclic) bond motifs is 5. The molecule has 8 atom stereocenters. The van der Waals surface area contributed by atoms with Crippen LogP contribution in [-0.2, 0) is 4.79 Å². The molecule has 4 fully saturated rings. The summed E-state index contributed by atoms with van der Waals surface area (Å²) in [6.45, 7) is 4.39. The molecule has 0 aromatic rings. The Labute approximate surface area is 132 Å². The fraction of sp³-hybridized carbons (Fsp3) is 0.947. The molecule has 0 spiro atoms. The van der Waals surface area contributed by atoms with Crippen molar-refractivity contribution in [3.05, 3.63) is 0 Å².